The van der Waals surface area contributed by atoms with Crippen molar-refractivity contribution in [3.63, 3.8) is 0 Å². The lowest BCUT2D eigenvalue weighted by molar-refractivity contribution is -0.113. The highest BCUT2D eigenvalue weighted by Gasteiger charge is 2.21. The number of carbonyl (C=O) groups is 1. The van der Waals surface area contributed by atoms with Crippen molar-refractivity contribution in [2.24, 2.45) is 0 Å². The van der Waals surface area contributed by atoms with E-state index in [0.29, 0.717) is 5.69 Å². The number of hydrogen-bond acceptors (Lipinski definition) is 5. The zero-order chi connectivity index (χ0) is 15.5. The number of nitrogens with two attached hydrogens (primary N) is 1. The Labute approximate surface area is 122 Å². The Morgan fingerprint density at radius 2 is 2.10 bits per heavy atom. The molecule has 0 spiro atoms. The lowest BCUT2D eigenvalue weighted by Gasteiger charge is -2.08. The van der Waals surface area contributed by atoms with Gasteiger partial charge in [0.2, 0.25) is 5.91 Å². The Morgan fingerprint density at radius 1 is 1.33 bits per heavy atom. The van der Waals surface area contributed by atoms with E-state index in [9.17, 15) is 13.2 Å². The molecule has 0 aliphatic heterocycles. The zero-order valence-electron chi connectivity index (χ0n) is 11.4. The topological polar surface area (TPSA) is 102 Å². The average Bonchev–Trinajstić information content (AvgIpc) is 2.38. The third kappa shape index (κ3) is 3.79. The van der Waals surface area contributed by atoms with E-state index in [2.05, 4.69) is 10.3 Å². The van der Waals surface area contributed by atoms with Crippen LogP contribution in [0.5, 0.6) is 0 Å². The van der Waals surface area contributed by atoms with E-state index in [0.717, 1.165) is 5.56 Å². The summed E-state index contributed by atoms with van der Waals surface area (Å²) >= 11 is 0. The second-order valence-electron chi connectivity index (χ2n) is 4.59. The number of aryl methyl sites for hydroxylation is 1. The van der Waals surface area contributed by atoms with Crippen molar-refractivity contribution in [2.75, 3.05) is 16.8 Å². The summed E-state index contributed by atoms with van der Waals surface area (Å²) in [5.74, 6) is -1.29. The smallest absolute Gasteiger partial charge is 0.239 e. The summed E-state index contributed by atoms with van der Waals surface area (Å²) in [6, 6.07) is 8.39. The van der Waals surface area contributed by atoms with E-state index in [1.54, 1.807) is 18.2 Å². The number of nitrogens with one attached hydrogen (secondary N) is 1. The van der Waals surface area contributed by atoms with Gasteiger partial charge < -0.3 is 11.1 Å². The van der Waals surface area contributed by atoms with Crippen molar-refractivity contribution in [1.82, 2.24) is 4.98 Å². The molecule has 0 saturated carbocycles. The van der Waals surface area contributed by atoms with Crippen LogP contribution in [0.3, 0.4) is 0 Å². The molecule has 21 heavy (non-hydrogen) atoms. The summed E-state index contributed by atoms with van der Waals surface area (Å²) in [6.45, 7) is 1.88. The van der Waals surface area contributed by atoms with E-state index < -0.39 is 21.5 Å². The first kappa shape index (κ1) is 15.0. The number of pyridine rings is 1. The maximum absolute atomic E-state index is 12.2. The van der Waals surface area contributed by atoms with Gasteiger partial charge in [0.15, 0.2) is 9.84 Å². The van der Waals surface area contributed by atoms with E-state index in [4.69, 9.17) is 5.73 Å². The molecule has 6 nitrogen and oxygen atoms in total. The van der Waals surface area contributed by atoms with Gasteiger partial charge in [0.05, 0.1) is 16.8 Å². The van der Waals surface area contributed by atoms with Gasteiger partial charge in [-0.25, -0.2) is 8.42 Å². The predicted molar refractivity (Wildman–Crippen MR) is 80.5 cm³/mol. The summed E-state index contributed by atoms with van der Waals surface area (Å²) in [7, 11) is -3.80. The molecular formula is C14H15N3O3S. The molecule has 1 aromatic heterocycles. The van der Waals surface area contributed by atoms with Crippen LogP contribution in [0, 0.1) is 6.92 Å². The Bertz CT molecular complexity index is 773. The van der Waals surface area contributed by atoms with Gasteiger partial charge in [-0.2, -0.15) is 0 Å². The molecule has 2 aromatic rings. The number of anilines is 2. The molecule has 1 aromatic carbocycles. The standard InChI is InChI=1S/C14H15N3O3S/c1-10-3-2-4-11(7-10)17-14(18)9-21(19,20)13-5-6-16-8-12(13)15/h2-8H,9,15H2,1H3,(H,17,18). The number of rotatable bonds is 4. The van der Waals surface area contributed by atoms with Crippen molar-refractivity contribution < 1.29 is 13.2 Å². The van der Waals surface area contributed by atoms with Gasteiger partial charge >= 0.3 is 0 Å². The minimum Gasteiger partial charge on any atom is -0.396 e. The molecule has 0 fully saturated rings. The zero-order valence-corrected chi connectivity index (χ0v) is 12.2. The fraction of sp³-hybridized carbons (Fsp3) is 0.143. The Balaban J connectivity index is 2.14. The minimum atomic E-state index is -3.80. The number of nitrogens with zero attached hydrogens (tertiary/aromatic N) is 1. The molecule has 0 aliphatic rings. The molecule has 3 N–H and O–H groups in total. The van der Waals surface area contributed by atoms with E-state index in [1.807, 2.05) is 13.0 Å². The molecule has 7 heteroatoms. The maximum atomic E-state index is 12.2. The molecule has 0 bridgehead atoms. The molecule has 0 unspecified atom stereocenters. The molecule has 0 atom stereocenters. The van der Waals surface area contributed by atoms with Crippen LogP contribution in [0.4, 0.5) is 11.4 Å². The lowest BCUT2D eigenvalue weighted by atomic mass is 10.2. The van der Waals surface area contributed by atoms with Crippen LogP contribution in [0.1, 0.15) is 5.56 Å². The average molecular weight is 305 g/mol. The van der Waals surface area contributed by atoms with Crippen molar-refractivity contribution in [3.05, 3.63) is 48.3 Å². The summed E-state index contributed by atoms with van der Waals surface area (Å²) in [6.07, 6.45) is 2.56. The van der Waals surface area contributed by atoms with Crippen LogP contribution in [0.2, 0.25) is 0 Å². The number of nitrogen functional groups attached to an aromatic ring is 1. The summed E-state index contributed by atoms with van der Waals surface area (Å²) in [5.41, 5.74) is 7.13. The van der Waals surface area contributed by atoms with Gasteiger partial charge in [-0.1, -0.05) is 12.1 Å². The summed E-state index contributed by atoms with van der Waals surface area (Å²) in [4.78, 5) is 15.5. The second-order valence-corrected chi connectivity index (χ2v) is 6.55. The normalized spacial score (nSPS) is 11.1. The molecule has 1 amide bonds. The van der Waals surface area contributed by atoms with Gasteiger partial charge in [0.25, 0.3) is 0 Å². The van der Waals surface area contributed by atoms with Gasteiger partial charge in [-0.05, 0) is 30.7 Å². The van der Waals surface area contributed by atoms with Crippen molar-refractivity contribution in [3.8, 4) is 0 Å². The predicted octanol–water partition coefficient (Wildman–Crippen LogP) is 1.38. The highest BCUT2D eigenvalue weighted by molar-refractivity contribution is 7.92. The molecule has 110 valence electrons. The Kier molecular flexibility index (Phi) is 4.23. The number of aromatic nitrogens is 1. The van der Waals surface area contributed by atoms with Gasteiger partial charge in [0, 0.05) is 11.9 Å². The SMILES string of the molecule is Cc1cccc(NC(=O)CS(=O)(=O)c2ccncc2N)c1. The van der Waals surface area contributed by atoms with E-state index in [-0.39, 0.29) is 10.6 Å². The summed E-state index contributed by atoms with van der Waals surface area (Å²) < 4.78 is 24.3. The first-order valence-corrected chi connectivity index (χ1v) is 7.82. The number of amides is 1. The van der Waals surface area contributed by atoms with Crippen LogP contribution in [-0.4, -0.2) is 25.1 Å². The van der Waals surface area contributed by atoms with Crippen LogP contribution < -0.4 is 11.1 Å². The first-order chi connectivity index (χ1) is 9.88. The highest BCUT2D eigenvalue weighted by Crippen LogP contribution is 2.18. The van der Waals surface area contributed by atoms with Crippen LogP contribution in [-0.2, 0) is 14.6 Å². The number of sulfone groups is 1. The number of hydrogen-bond donors (Lipinski definition) is 2. The largest absolute Gasteiger partial charge is 0.396 e. The van der Waals surface area contributed by atoms with Crippen molar-refractivity contribution in [1.29, 1.82) is 0 Å². The fourth-order valence-corrected chi connectivity index (χ4v) is 3.10. The van der Waals surface area contributed by atoms with E-state index >= 15 is 0 Å². The summed E-state index contributed by atoms with van der Waals surface area (Å²) in [5, 5.41) is 2.55. The fourth-order valence-electron chi connectivity index (χ4n) is 1.85. The number of benzene rings is 1. The Hall–Kier alpha value is -2.41. The van der Waals surface area contributed by atoms with Gasteiger partial charge in [0.1, 0.15) is 5.75 Å². The lowest BCUT2D eigenvalue weighted by Crippen LogP contribution is -2.23. The number of carbonyl (C=O) groups excluding carboxylic acids is 1. The maximum Gasteiger partial charge on any atom is 0.239 e. The minimum absolute atomic E-state index is 0.0286. The van der Waals surface area contributed by atoms with Crippen LogP contribution in [0.25, 0.3) is 0 Å². The van der Waals surface area contributed by atoms with Gasteiger partial charge in [-0.3, -0.25) is 9.78 Å². The van der Waals surface area contributed by atoms with Crippen molar-refractivity contribution >= 4 is 27.1 Å². The van der Waals surface area contributed by atoms with Gasteiger partial charge in [-0.15, -0.1) is 0 Å². The third-order valence-electron chi connectivity index (χ3n) is 2.77. The van der Waals surface area contributed by atoms with Crippen LogP contribution in [0.15, 0.2) is 47.6 Å². The quantitative estimate of drug-likeness (QED) is 0.888. The van der Waals surface area contributed by atoms with Crippen LogP contribution >= 0.6 is 0 Å². The Morgan fingerprint density at radius 3 is 2.76 bits per heavy atom. The monoisotopic (exact) mass is 305 g/mol. The molecule has 0 saturated heterocycles. The second kappa shape index (κ2) is 5.92. The molecular weight excluding hydrogens is 290 g/mol. The molecule has 0 aliphatic carbocycles. The first-order valence-electron chi connectivity index (χ1n) is 6.17. The molecule has 1 heterocycles. The third-order valence-corrected chi connectivity index (χ3v) is 4.45. The van der Waals surface area contributed by atoms with E-state index in [1.165, 1.54) is 18.5 Å². The van der Waals surface area contributed by atoms with Crippen molar-refractivity contribution in [2.45, 2.75) is 11.8 Å². The highest BCUT2D eigenvalue weighted by atomic mass is 32.2. The molecule has 0 radical (unpaired) electrons. The molecule has 2 rings (SSSR count).